The van der Waals surface area contributed by atoms with Crippen molar-refractivity contribution in [2.24, 2.45) is 11.8 Å². The van der Waals surface area contributed by atoms with Crippen molar-refractivity contribution in [3.8, 4) is 11.8 Å². The maximum absolute atomic E-state index is 12.0. The van der Waals surface area contributed by atoms with E-state index in [1.807, 2.05) is 0 Å². The highest BCUT2D eigenvalue weighted by atomic mass is 16.5. The van der Waals surface area contributed by atoms with Gasteiger partial charge in [-0.3, -0.25) is 9.59 Å². The number of hydrogen-bond acceptors (Lipinski definition) is 5. The summed E-state index contributed by atoms with van der Waals surface area (Å²) in [6.07, 6.45) is 1.11. The molecule has 0 saturated heterocycles. The van der Waals surface area contributed by atoms with Gasteiger partial charge in [-0.05, 0) is 18.9 Å². The molecule has 1 aliphatic carbocycles. The molecule has 7 heteroatoms. The number of pyridine rings is 1. The fourth-order valence-electron chi connectivity index (χ4n) is 2.12. The van der Waals surface area contributed by atoms with E-state index >= 15 is 0 Å². The number of anilines is 1. The van der Waals surface area contributed by atoms with Gasteiger partial charge in [-0.25, -0.2) is 0 Å². The lowest BCUT2D eigenvalue weighted by atomic mass is 9.73. The van der Waals surface area contributed by atoms with Crippen LogP contribution in [0.4, 0.5) is 5.69 Å². The highest BCUT2D eigenvalue weighted by molar-refractivity contribution is 5.96. The molecular formula is C13H16N2O5. The van der Waals surface area contributed by atoms with Crippen LogP contribution >= 0.6 is 0 Å². The number of carboxylic acid groups (broad SMARTS) is 1. The van der Waals surface area contributed by atoms with Crippen LogP contribution in [0.5, 0.6) is 11.8 Å². The molecule has 1 aromatic rings. The van der Waals surface area contributed by atoms with Crippen LogP contribution in [0.2, 0.25) is 0 Å². The molecule has 0 aromatic carbocycles. The number of rotatable bonds is 5. The monoisotopic (exact) mass is 280 g/mol. The first-order valence-electron chi connectivity index (χ1n) is 6.19. The van der Waals surface area contributed by atoms with Crippen LogP contribution in [0.15, 0.2) is 12.1 Å². The lowest BCUT2D eigenvalue weighted by Gasteiger charge is -2.31. The zero-order valence-electron chi connectivity index (χ0n) is 11.3. The van der Waals surface area contributed by atoms with E-state index in [2.05, 4.69) is 10.3 Å². The molecule has 1 saturated carbocycles. The van der Waals surface area contributed by atoms with E-state index in [4.69, 9.17) is 14.6 Å². The number of aliphatic carboxylic acids is 1. The minimum absolute atomic E-state index is 0.226. The Hall–Kier alpha value is -2.31. The standard InChI is InChI=1S/C13H16N2O5/c1-19-10-6-5-9(12(15-10)20-2)14-11(16)7-3-4-8(7)13(17)18/h5-8H,3-4H2,1-2H3,(H,14,16)(H,17,18)/t7-,8+/m1/s1. The lowest BCUT2D eigenvalue weighted by molar-refractivity contribution is -0.151. The third-order valence-electron chi connectivity index (χ3n) is 3.42. The Kier molecular flexibility index (Phi) is 4.07. The molecule has 0 spiro atoms. The van der Waals surface area contributed by atoms with Gasteiger partial charge >= 0.3 is 5.97 Å². The molecule has 2 N–H and O–H groups in total. The van der Waals surface area contributed by atoms with E-state index in [1.165, 1.54) is 14.2 Å². The molecule has 2 rings (SSSR count). The lowest BCUT2D eigenvalue weighted by Crippen LogP contribution is -2.41. The molecular weight excluding hydrogens is 264 g/mol. The maximum atomic E-state index is 12.0. The minimum atomic E-state index is -0.934. The van der Waals surface area contributed by atoms with Crippen molar-refractivity contribution < 1.29 is 24.2 Å². The molecule has 108 valence electrons. The van der Waals surface area contributed by atoms with Crippen LogP contribution in [-0.4, -0.2) is 36.2 Å². The number of carbonyl (C=O) groups excluding carboxylic acids is 1. The van der Waals surface area contributed by atoms with Gasteiger partial charge in [0.2, 0.25) is 17.7 Å². The minimum Gasteiger partial charge on any atom is -0.481 e. The van der Waals surface area contributed by atoms with E-state index in [0.717, 1.165) is 0 Å². The van der Waals surface area contributed by atoms with Crippen molar-refractivity contribution in [2.75, 3.05) is 19.5 Å². The molecule has 2 atom stereocenters. The number of aromatic nitrogens is 1. The van der Waals surface area contributed by atoms with Gasteiger partial charge in [-0.2, -0.15) is 4.98 Å². The summed E-state index contributed by atoms with van der Waals surface area (Å²) in [5.41, 5.74) is 0.398. The average molecular weight is 280 g/mol. The van der Waals surface area contributed by atoms with E-state index in [0.29, 0.717) is 24.4 Å². The number of amides is 1. The van der Waals surface area contributed by atoms with Gasteiger partial charge in [0.15, 0.2) is 0 Å². The SMILES string of the molecule is COc1ccc(NC(=O)[C@@H]2CC[C@@H]2C(=O)O)c(OC)n1. The van der Waals surface area contributed by atoms with Crippen LogP contribution in [0.3, 0.4) is 0 Å². The summed E-state index contributed by atoms with van der Waals surface area (Å²) < 4.78 is 10.0. The molecule has 1 aromatic heterocycles. The molecule has 1 heterocycles. The Balaban J connectivity index is 2.10. The fourth-order valence-corrected chi connectivity index (χ4v) is 2.12. The number of nitrogens with zero attached hydrogens (tertiary/aromatic N) is 1. The van der Waals surface area contributed by atoms with Crippen molar-refractivity contribution in [3.63, 3.8) is 0 Å². The molecule has 0 radical (unpaired) electrons. The van der Waals surface area contributed by atoms with E-state index in [9.17, 15) is 9.59 Å². The first kappa shape index (κ1) is 14.1. The zero-order chi connectivity index (χ0) is 14.7. The van der Waals surface area contributed by atoms with E-state index < -0.39 is 17.8 Å². The second kappa shape index (κ2) is 5.77. The number of nitrogens with one attached hydrogen (secondary N) is 1. The fraction of sp³-hybridized carbons (Fsp3) is 0.462. The quantitative estimate of drug-likeness (QED) is 0.839. The second-order valence-corrected chi connectivity index (χ2v) is 4.53. The molecule has 7 nitrogen and oxygen atoms in total. The van der Waals surface area contributed by atoms with Gasteiger partial charge in [0.25, 0.3) is 0 Å². The Labute approximate surface area is 115 Å². The smallest absolute Gasteiger partial charge is 0.307 e. The number of carbonyl (C=O) groups is 2. The maximum Gasteiger partial charge on any atom is 0.307 e. The number of carboxylic acids is 1. The second-order valence-electron chi connectivity index (χ2n) is 4.53. The van der Waals surface area contributed by atoms with Crippen molar-refractivity contribution in [3.05, 3.63) is 12.1 Å². The zero-order valence-corrected chi connectivity index (χ0v) is 11.3. The third kappa shape index (κ3) is 2.66. The highest BCUT2D eigenvalue weighted by Crippen LogP contribution is 2.36. The number of methoxy groups -OCH3 is 2. The average Bonchev–Trinajstić information content (AvgIpc) is 2.37. The molecule has 0 bridgehead atoms. The van der Waals surface area contributed by atoms with Crippen molar-refractivity contribution in [2.45, 2.75) is 12.8 Å². The van der Waals surface area contributed by atoms with Crippen LogP contribution in [-0.2, 0) is 9.59 Å². The van der Waals surface area contributed by atoms with Crippen molar-refractivity contribution >= 4 is 17.6 Å². The van der Waals surface area contributed by atoms with Crippen LogP contribution < -0.4 is 14.8 Å². The van der Waals surface area contributed by atoms with E-state index in [1.54, 1.807) is 12.1 Å². The first-order chi connectivity index (χ1) is 9.56. The van der Waals surface area contributed by atoms with Crippen LogP contribution in [0, 0.1) is 11.8 Å². The van der Waals surface area contributed by atoms with E-state index in [-0.39, 0.29) is 11.8 Å². The molecule has 1 fully saturated rings. The molecule has 20 heavy (non-hydrogen) atoms. The molecule has 0 unspecified atom stereocenters. The van der Waals surface area contributed by atoms with Gasteiger partial charge in [0, 0.05) is 6.07 Å². The highest BCUT2D eigenvalue weighted by Gasteiger charge is 2.41. The van der Waals surface area contributed by atoms with Gasteiger partial charge in [-0.15, -0.1) is 0 Å². The molecule has 1 aliphatic rings. The van der Waals surface area contributed by atoms with Crippen LogP contribution in [0.1, 0.15) is 12.8 Å². The van der Waals surface area contributed by atoms with Crippen molar-refractivity contribution in [1.82, 2.24) is 4.98 Å². The predicted octanol–water partition coefficient (Wildman–Crippen LogP) is 1.15. The summed E-state index contributed by atoms with van der Waals surface area (Å²) in [4.78, 5) is 27.0. The molecule has 1 amide bonds. The summed E-state index contributed by atoms with van der Waals surface area (Å²) in [6.45, 7) is 0. The number of hydrogen-bond donors (Lipinski definition) is 2. The largest absolute Gasteiger partial charge is 0.481 e. The third-order valence-corrected chi connectivity index (χ3v) is 3.42. The summed E-state index contributed by atoms with van der Waals surface area (Å²) in [5, 5.41) is 11.6. The van der Waals surface area contributed by atoms with Gasteiger partial charge < -0.3 is 19.9 Å². The van der Waals surface area contributed by atoms with Gasteiger partial charge in [-0.1, -0.05) is 0 Å². The Bertz CT molecular complexity index is 531. The Morgan fingerprint density at radius 3 is 2.45 bits per heavy atom. The van der Waals surface area contributed by atoms with Gasteiger partial charge in [0.05, 0.1) is 26.1 Å². The summed E-state index contributed by atoms with van der Waals surface area (Å²) >= 11 is 0. The first-order valence-corrected chi connectivity index (χ1v) is 6.19. The normalized spacial score (nSPS) is 20.7. The van der Waals surface area contributed by atoms with Crippen LogP contribution in [0.25, 0.3) is 0 Å². The van der Waals surface area contributed by atoms with Gasteiger partial charge in [0.1, 0.15) is 5.69 Å². The topological polar surface area (TPSA) is 97.8 Å². The Morgan fingerprint density at radius 2 is 1.95 bits per heavy atom. The Morgan fingerprint density at radius 1 is 1.25 bits per heavy atom. The summed E-state index contributed by atoms with van der Waals surface area (Å²) in [7, 11) is 2.91. The van der Waals surface area contributed by atoms with Crippen molar-refractivity contribution in [1.29, 1.82) is 0 Å². The number of ether oxygens (including phenoxy) is 2. The summed E-state index contributed by atoms with van der Waals surface area (Å²) in [5.74, 6) is -1.77. The molecule has 0 aliphatic heterocycles. The summed E-state index contributed by atoms with van der Waals surface area (Å²) in [6, 6.07) is 3.20. The predicted molar refractivity (Wildman–Crippen MR) is 69.8 cm³/mol.